The molecule has 0 unspecified atom stereocenters. The van der Waals surface area contributed by atoms with E-state index in [1.165, 1.54) is 5.56 Å². The number of imidazole rings is 1. The molecule has 1 N–H and O–H groups in total. The van der Waals surface area contributed by atoms with Crippen LogP contribution in [0.1, 0.15) is 25.3 Å². The maximum absolute atomic E-state index is 8.58. The zero-order valence-corrected chi connectivity index (χ0v) is 14.3. The molecule has 0 aliphatic carbocycles. The molecule has 0 radical (unpaired) electrons. The fraction of sp³-hybridized carbons (Fsp3) is 0.278. The Balaban J connectivity index is 2.11. The molecule has 0 spiro atoms. The van der Waals surface area contributed by atoms with Crippen LogP contribution in [-0.4, -0.2) is 9.13 Å². The van der Waals surface area contributed by atoms with Gasteiger partial charge in [0, 0.05) is 11.0 Å². The van der Waals surface area contributed by atoms with Gasteiger partial charge in [0.2, 0.25) is 5.62 Å². The third-order valence-corrected chi connectivity index (χ3v) is 4.77. The van der Waals surface area contributed by atoms with E-state index in [1.807, 2.05) is 24.3 Å². The highest BCUT2D eigenvalue weighted by molar-refractivity contribution is 9.10. The lowest BCUT2D eigenvalue weighted by molar-refractivity contribution is 0.586. The van der Waals surface area contributed by atoms with Gasteiger partial charge >= 0.3 is 0 Å². The van der Waals surface area contributed by atoms with Crippen molar-refractivity contribution in [2.75, 3.05) is 0 Å². The molecular formula is C18H20BrN3. The summed E-state index contributed by atoms with van der Waals surface area (Å²) in [6, 6.07) is 16.5. The van der Waals surface area contributed by atoms with E-state index < -0.39 is 0 Å². The second-order valence-electron chi connectivity index (χ2n) is 5.50. The Morgan fingerprint density at radius 1 is 0.955 bits per heavy atom. The van der Waals surface area contributed by atoms with Gasteiger partial charge in [-0.1, -0.05) is 59.6 Å². The third-order valence-electron chi connectivity index (χ3n) is 4.00. The molecule has 0 saturated heterocycles. The van der Waals surface area contributed by atoms with Gasteiger partial charge in [0.15, 0.2) is 0 Å². The largest absolute Gasteiger partial charge is 0.310 e. The molecule has 0 bridgehead atoms. The molecule has 3 rings (SSSR count). The van der Waals surface area contributed by atoms with Gasteiger partial charge in [0.1, 0.15) is 0 Å². The SMILES string of the molecule is CCCCn1c(=N)n(Cc2ccccc2Br)c2ccccc21. The first-order valence-corrected chi connectivity index (χ1v) is 8.47. The molecule has 0 aliphatic heterocycles. The summed E-state index contributed by atoms with van der Waals surface area (Å²) in [5.74, 6) is 0. The van der Waals surface area contributed by atoms with Crippen LogP contribution in [0.5, 0.6) is 0 Å². The van der Waals surface area contributed by atoms with Gasteiger partial charge in [-0.25, -0.2) is 0 Å². The lowest BCUT2D eigenvalue weighted by Crippen LogP contribution is -2.25. The second-order valence-corrected chi connectivity index (χ2v) is 6.35. The normalized spacial score (nSPS) is 11.2. The lowest BCUT2D eigenvalue weighted by atomic mass is 10.2. The van der Waals surface area contributed by atoms with Crippen LogP contribution in [0.4, 0.5) is 0 Å². The van der Waals surface area contributed by atoms with Crippen molar-refractivity contribution >= 4 is 27.0 Å². The van der Waals surface area contributed by atoms with E-state index >= 15 is 0 Å². The summed E-state index contributed by atoms with van der Waals surface area (Å²) in [4.78, 5) is 0. The molecule has 3 aromatic rings. The number of halogens is 1. The number of rotatable bonds is 5. The molecule has 0 aliphatic rings. The first-order chi connectivity index (χ1) is 10.7. The van der Waals surface area contributed by atoms with Crippen molar-refractivity contribution in [3.8, 4) is 0 Å². The van der Waals surface area contributed by atoms with Crippen LogP contribution >= 0.6 is 15.9 Å². The van der Waals surface area contributed by atoms with Gasteiger partial charge < -0.3 is 9.13 Å². The summed E-state index contributed by atoms with van der Waals surface area (Å²) in [7, 11) is 0. The van der Waals surface area contributed by atoms with Crippen LogP contribution in [0.15, 0.2) is 53.0 Å². The standard InChI is InChI=1S/C18H20BrN3/c1-2-3-12-21-16-10-6-7-11-17(16)22(18(21)20)13-14-8-4-5-9-15(14)19/h4-11,20H,2-3,12-13H2,1H3. The molecule has 114 valence electrons. The Kier molecular flexibility index (Phi) is 4.48. The van der Waals surface area contributed by atoms with Crippen molar-refractivity contribution in [1.29, 1.82) is 5.41 Å². The number of aromatic nitrogens is 2. The Bertz CT molecular complexity index is 845. The van der Waals surface area contributed by atoms with Crippen LogP contribution in [0.2, 0.25) is 0 Å². The number of nitrogens with zero attached hydrogens (tertiary/aromatic N) is 2. The van der Waals surface area contributed by atoms with Crippen LogP contribution in [-0.2, 0) is 13.1 Å². The van der Waals surface area contributed by atoms with Crippen molar-refractivity contribution in [2.24, 2.45) is 0 Å². The highest BCUT2D eigenvalue weighted by Gasteiger charge is 2.11. The van der Waals surface area contributed by atoms with Crippen molar-refractivity contribution < 1.29 is 0 Å². The number of hydrogen-bond donors (Lipinski definition) is 1. The fourth-order valence-electron chi connectivity index (χ4n) is 2.79. The monoisotopic (exact) mass is 357 g/mol. The van der Waals surface area contributed by atoms with Crippen LogP contribution in [0.25, 0.3) is 11.0 Å². The van der Waals surface area contributed by atoms with E-state index in [-0.39, 0.29) is 0 Å². The minimum absolute atomic E-state index is 0.574. The molecule has 1 heterocycles. The van der Waals surface area contributed by atoms with E-state index in [9.17, 15) is 0 Å². The molecule has 0 amide bonds. The molecule has 4 heteroatoms. The van der Waals surface area contributed by atoms with Crippen LogP contribution in [0, 0.1) is 5.41 Å². The molecule has 0 fully saturated rings. The number of fused-ring (bicyclic) bond motifs is 1. The number of para-hydroxylation sites is 2. The zero-order valence-electron chi connectivity index (χ0n) is 12.7. The van der Waals surface area contributed by atoms with E-state index in [0.717, 1.165) is 34.9 Å². The van der Waals surface area contributed by atoms with E-state index in [0.29, 0.717) is 12.2 Å². The average Bonchev–Trinajstić information content (AvgIpc) is 2.80. The smallest absolute Gasteiger partial charge is 0.203 e. The van der Waals surface area contributed by atoms with Crippen molar-refractivity contribution in [3.05, 3.63) is 64.2 Å². The maximum atomic E-state index is 8.58. The lowest BCUT2D eigenvalue weighted by Gasteiger charge is -2.07. The van der Waals surface area contributed by atoms with Gasteiger partial charge in [-0.05, 0) is 30.2 Å². The third kappa shape index (κ3) is 2.75. The predicted molar refractivity (Wildman–Crippen MR) is 93.9 cm³/mol. The molecule has 1 aromatic heterocycles. The quantitative estimate of drug-likeness (QED) is 0.695. The Hall–Kier alpha value is -1.81. The van der Waals surface area contributed by atoms with Gasteiger partial charge in [-0.15, -0.1) is 0 Å². The van der Waals surface area contributed by atoms with Gasteiger partial charge in [-0.2, -0.15) is 0 Å². The molecule has 3 nitrogen and oxygen atoms in total. The summed E-state index contributed by atoms with van der Waals surface area (Å²) in [6.45, 7) is 3.79. The zero-order chi connectivity index (χ0) is 15.5. The maximum Gasteiger partial charge on any atom is 0.203 e. The van der Waals surface area contributed by atoms with Gasteiger partial charge in [-0.3, -0.25) is 5.41 Å². The van der Waals surface area contributed by atoms with Crippen molar-refractivity contribution in [2.45, 2.75) is 32.9 Å². The second kappa shape index (κ2) is 6.53. The van der Waals surface area contributed by atoms with E-state index in [2.05, 4.69) is 56.3 Å². The summed E-state index contributed by atoms with van der Waals surface area (Å²) in [6.07, 6.45) is 2.23. The fourth-order valence-corrected chi connectivity index (χ4v) is 3.20. The predicted octanol–water partition coefficient (Wildman–Crippen LogP) is 4.53. The molecule has 0 saturated carbocycles. The number of hydrogen-bond acceptors (Lipinski definition) is 1. The minimum atomic E-state index is 0.574. The Labute approximate surface area is 138 Å². The minimum Gasteiger partial charge on any atom is -0.310 e. The van der Waals surface area contributed by atoms with E-state index in [1.54, 1.807) is 0 Å². The summed E-state index contributed by atoms with van der Waals surface area (Å²) < 4.78 is 5.30. The first-order valence-electron chi connectivity index (χ1n) is 7.68. The van der Waals surface area contributed by atoms with Gasteiger partial charge in [0.25, 0.3) is 0 Å². The van der Waals surface area contributed by atoms with Gasteiger partial charge in [0.05, 0.1) is 17.6 Å². The Morgan fingerprint density at radius 2 is 1.59 bits per heavy atom. The number of unbranched alkanes of at least 4 members (excludes halogenated alkanes) is 1. The highest BCUT2D eigenvalue weighted by Crippen LogP contribution is 2.20. The molecule has 2 aromatic carbocycles. The average molecular weight is 358 g/mol. The van der Waals surface area contributed by atoms with E-state index in [4.69, 9.17) is 5.41 Å². The highest BCUT2D eigenvalue weighted by atomic mass is 79.9. The van der Waals surface area contributed by atoms with Crippen LogP contribution < -0.4 is 5.62 Å². The number of aryl methyl sites for hydroxylation is 1. The summed E-state index contributed by atoms with van der Waals surface area (Å²) in [5, 5.41) is 8.58. The molecule has 0 atom stereocenters. The number of benzene rings is 2. The van der Waals surface area contributed by atoms with Crippen molar-refractivity contribution in [3.63, 3.8) is 0 Å². The topological polar surface area (TPSA) is 33.7 Å². The summed E-state index contributed by atoms with van der Waals surface area (Å²) >= 11 is 3.61. The molecular weight excluding hydrogens is 338 g/mol. The van der Waals surface area contributed by atoms with Crippen LogP contribution in [0.3, 0.4) is 0 Å². The number of nitrogens with one attached hydrogen (secondary N) is 1. The molecule has 22 heavy (non-hydrogen) atoms. The first kappa shape index (κ1) is 15.1. The van der Waals surface area contributed by atoms with Crippen molar-refractivity contribution in [1.82, 2.24) is 9.13 Å². The Morgan fingerprint density at radius 3 is 2.27 bits per heavy atom. The summed E-state index contributed by atoms with van der Waals surface area (Å²) in [5.41, 5.74) is 4.04.